The molecule has 0 saturated heterocycles. The molecule has 0 bridgehead atoms. The van der Waals surface area contributed by atoms with Crippen molar-refractivity contribution in [1.29, 1.82) is 0 Å². The minimum absolute atomic E-state index is 0.747. The van der Waals surface area contributed by atoms with Gasteiger partial charge < -0.3 is 4.90 Å². The van der Waals surface area contributed by atoms with Crippen LogP contribution in [0.1, 0.15) is 0 Å². The average Bonchev–Trinajstić information content (AvgIpc) is 2.58. The van der Waals surface area contributed by atoms with Crippen molar-refractivity contribution >= 4 is 22.6 Å². The Bertz CT molecular complexity index is 274. The van der Waals surface area contributed by atoms with E-state index in [0.717, 1.165) is 6.67 Å². The summed E-state index contributed by atoms with van der Waals surface area (Å²) in [5.74, 6) is 0. The maximum atomic E-state index is 4.14. The molecule has 0 N–H and O–H groups in total. The molecule has 0 radical (unpaired) electrons. The lowest BCUT2D eigenvalue weighted by Gasteiger charge is -2.16. The molecule has 1 aliphatic rings. The summed E-state index contributed by atoms with van der Waals surface area (Å²) in [5.41, 5.74) is 0. The molecule has 0 spiro atoms. The van der Waals surface area contributed by atoms with E-state index in [4.69, 9.17) is 0 Å². The summed E-state index contributed by atoms with van der Waals surface area (Å²) in [4.78, 5) is 6.25. The van der Waals surface area contributed by atoms with Crippen LogP contribution < -0.4 is 4.90 Å². The van der Waals surface area contributed by atoms with E-state index in [0.29, 0.717) is 0 Å². The molecule has 0 unspecified atom stereocenters. The highest BCUT2D eigenvalue weighted by Gasteiger charge is 2.02. The zero-order valence-electron chi connectivity index (χ0n) is 5.97. The number of aliphatic imine (C=N–C) groups is 1. The molecule has 0 atom stereocenters. The number of hydrogen-bond donors (Lipinski definition) is 0. The third kappa shape index (κ3) is 1.33. The van der Waals surface area contributed by atoms with Gasteiger partial charge >= 0.3 is 0 Å². The minimum atomic E-state index is 0.747. The number of allylic oxidation sites excluding steroid dienone is 1. The van der Waals surface area contributed by atoms with Gasteiger partial charge in [-0.05, 0) is 23.6 Å². The Morgan fingerprint density at radius 2 is 2.55 bits per heavy atom. The fourth-order valence-electron chi connectivity index (χ4n) is 0.962. The Morgan fingerprint density at radius 3 is 3.18 bits per heavy atom. The number of anilines is 1. The van der Waals surface area contributed by atoms with Crippen LogP contribution >= 0.6 is 11.3 Å². The molecule has 0 aliphatic carbocycles. The van der Waals surface area contributed by atoms with Gasteiger partial charge in [0.1, 0.15) is 6.67 Å². The van der Waals surface area contributed by atoms with E-state index < -0.39 is 0 Å². The van der Waals surface area contributed by atoms with Crippen LogP contribution in [0.25, 0.3) is 0 Å². The van der Waals surface area contributed by atoms with Gasteiger partial charge in [0.05, 0.1) is 5.00 Å². The lowest BCUT2D eigenvalue weighted by Crippen LogP contribution is -2.16. The van der Waals surface area contributed by atoms with E-state index in [9.17, 15) is 0 Å². The second-order valence-electron chi connectivity index (χ2n) is 2.24. The van der Waals surface area contributed by atoms with Crippen molar-refractivity contribution in [3.05, 3.63) is 29.8 Å². The van der Waals surface area contributed by atoms with Crippen molar-refractivity contribution in [3.63, 3.8) is 0 Å². The third-order valence-corrected chi connectivity index (χ3v) is 2.39. The first kappa shape index (κ1) is 6.61. The molecule has 1 aromatic heterocycles. The summed E-state index contributed by atoms with van der Waals surface area (Å²) in [6.07, 6.45) is 5.81. The van der Waals surface area contributed by atoms with Crippen LogP contribution in [0.15, 0.2) is 34.8 Å². The Balaban J connectivity index is 2.19. The van der Waals surface area contributed by atoms with Crippen molar-refractivity contribution in [1.82, 2.24) is 0 Å². The first-order chi connectivity index (χ1) is 5.47. The first-order valence-corrected chi connectivity index (χ1v) is 4.31. The van der Waals surface area contributed by atoms with Crippen molar-refractivity contribution < 1.29 is 0 Å². The Kier molecular flexibility index (Phi) is 1.73. The predicted molar refractivity (Wildman–Crippen MR) is 49.3 cm³/mol. The maximum Gasteiger partial charge on any atom is 0.115 e. The third-order valence-electron chi connectivity index (χ3n) is 1.48. The highest BCUT2D eigenvalue weighted by Crippen LogP contribution is 2.21. The molecule has 2 nitrogen and oxygen atoms in total. The van der Waals surface area contributed by atoms with E-state index >= 15 is 0 Å². The van der Waals surface area contributed by atoms with Crippen LogP contribution in [0.3, 0.4) is 0 Å². The fraction of sp³-hybridized carbons (Fsp3) is 0.125. The molecule has 3 heteroatoms. The summed E-state index contributed by atoms with van der Waals surface area (Å²) in [6.45, 7) is 0.747. The highest BCUT2D eigenvalue weighted by atomic mass is 32.1. The zero-order valence-corrected chi connectivity index (χ0v) is 6.79. The summed E-state index contributed by atoms with van der Waals surface area (Å²) >= 11 is 1.73. The number of thiophene rings is 1. The molecular formula is C8H8N2S. The standard InChI is InChI=1S/C8H8N2S/c1-3-8(11-6-1)10-5-2-4-9-7-10/h1-6H,7H2. The molecule has 1 aromatic rings. The molecule has 56 valence electrons. The SMILES string of the molecule is C1=CN(c2cccs2)CN=C1. The van der Waals surface area contributed by atoms with Gasteiger partial charge in [-0.3, -0.25) is 4.99 Å². The number of hydrogen-bond acceptors (Lipinski definition) is 3. The van der Waals surface area contributed by atoms with Gasteiger partial charge in [-0.25, -0.2) is 0 Å². The van der Waals surface area contributed by atoms with Crippen LogP contribution in [0.4, 0.5) is 5.00 Å². The normalized spacial score (nSPS) is 15.8. The first-order valence-electron chi connectivity index (χ1n) is 3.43. The van der Waals surface area contributed by atoms with E-state index in [1.165, 1.54) is 5.00 Å². The molecular weight excluding hydrogens is 156 g/mol. The molecule has 0 saturated carbocycles. The van der Waals surface area contributed by atoms with Crippen LogP contribution in [0.2, 0.25) is 0 Å². The van der Waals surface area contributed by atoms with Crippen LogP contribution in [0, 0.1) is 0 Å². The van der Waals surface area contributed by atoms with Crippen molar-refractivity contribution in [3.8, 4) is 0 Å². The number of rotatable bonds is 1. The molecule has 2 rings (SSSR count). The summed E-state index contributed by atoms with van der Waals surface area (Å²) in [7, 11) is 0. The Morgan fingerprint density at radius 1 is 1.55 bits per heavy atom. The number of nitrogens with zero attached hydrogens (tertiary/aromatic N) is 2. The fourth-order valence-corrected chi connectivity index (χ4v) is 1.67. The molecule has 0 fully saturated rings. The average molecular weight is 164 g/mol. The van der Waals surface area contributed by atoms with E-state index in [2.05, 4.69) is 21.3 Å². The predicted octanol–water partition coefficient (Wildman–Crippen LogP) is 2.11. The van der Waals surface area contributed by atoms with Crippen LogP contribution in [-0.2, 0) is 0 Å². The van der Waals surface area contributed by atoms with Crippen molar-refractivity contribution in [2.75, 3.05) is 11.6 Å². The lowest BCUT2D eigenvalue weighted by molar-refractivity contribution is 0.982. The minimum Gasteiger partial charge on any atom is -0.320 e. The van der Waals surface area contributed by atoms with Gasteiger partial charge in [0.15, 0.2) is 0 Å². The largest absolute Gasteiger partial charge is 0.320 e. The summed E-state index contributed by atoms with van der Waals surface area (Å²) in [6, 6.07) is 4.14. The van der Waals surface area contributed by atoms with Crippen LogP contribution in [0.5, 0.6) is 0 Å². The second kappa shape index (κ2) is 2.88. The van der Waals surface area contributed by atoms with Crippen molar-refractivity contribution in [2.24, 2.45) is 4.99 Å². The van der Waals surface area contributed by atoms with Gasteiger partial charge in [-0.1, -0.05) is 0 Å². The Hall–Kier alpha value is -1.09. The maximum absolute atomic E-state index is 4.14. The smallest absolute Gasteiger partial charge is 0.115 e. The summed E-state index contributed by atoms with van der Waals surface area (Å²) < 4.78 is 0. The highest BCUT2D eigenvalue weighted by molar-refractivity contribution is 7.14. The molecule has 11 heavy (non-hydrogen) atoms. The Labute approximate surface area is 69.5 Å². The molecule has 1 aliphatic heterocycles. The van der Waals surface area contributed by atoms with Gasteiger partial charge in [0, 0.05) is 12.4 Å². The van der Waals surface area contributed by atoms with E-state index in [1.54, 1.807) is 11.3 Å². The van der Waals surface area contributed by atoms with Gasteiger partial charge in [-0.2, -0.15) is 0 Å². The molecule has 0 amide bonds. The second-order valence-corrected chi connectivity index (χ2v) is 3.16. The molecule has 2 heterocycles. The van der Waals surface area contributed by atoms with E-state index in [-0.39, 0.29) is 0 Å². The summed E-state index contributed by atoms with van der Waals surface area (Å²) in [5, 5.41) is 3.32. The van der Waals surface area contributed by atoms with Gasteiger partial charge in [0.25, 0.3) is 0 Å². The van der Waals surface area contributed by atoms with Crippen LogP contribution in [-0.4, -0.2) is 12.9 Å². The van der Waals surface area contributed by atoms with Gasteiger partial charge in [-0.15, -0.1) is 11.3 Å². The van der Waals surface area contributed by atoms with Gasteiger partial charge in [0.2, 0.25) is 0 Å². The zero-order chi connectivity index (χ0) is 7.52. The molecule has 0 aromatic carbocycles. The van der Waals surface area contributed by atoms with Crippen molar-refractivity contribution in [2.45, 2.75) is 0 Å². The van der Waals surface area contributed by atoms with E-state index in [1.807, 2.05) is 24.6 Å². The lowest BCUT2D eigenvalue weighted by atomic mass is 10.5. The quantitative estimate of drug-likeness (QED) is 0.620. The topological polar surface area (TPSA) is 15.6 Å². The monoisotopic (exact) mass is 164 g/mol.